The van der Waals surface area contributed by atoms with Gasteiger partial charge >= 0.3 is 0 Å². The lowest BCUT2D eigenvalue weighted by Gasteiger charge is -2.36. The van der Waals surface area contributed by atoms with Crippen LogP contribution in [0.4, 0.5) is 5.69 Å². The van der Waals surface area contributed by atoms with Crippen molar-refractivity contribution in [2.75, 3.05) is 44.7 Å². The summed E-state index contributed by atoms with van der Waals surface area (Å²) in [5.74, 6) is 1.07. The zero-order valence-corrected chi connectivity index (χ0v) is 19.9. The van der Waals surface area contributed by atoms with Crippen LogP contribution in [0.1, 0.15) is 23.6 Å². The number of rotatable bonds is 6. The maximum atomic E-state index is 13.5. The molecule has 0 spiro atoms. The molecule has 0 aliphatic carbocycles. The van der Waals surface area contributed by atoms with Gasteiger partial charge in [0.25, 0.3) is 5.91 Å². The summed E-state index contributed by atoms with van der Waals surface area (Å²) < 4.78 is 5.31. The summed E-state index contributed by atoms with van der Waals surface area (Å²) in [6.07, 6.45) is 0.677. The predicted octanol–water partition coefficient (Wildman–Crippen LogP) is 3.90. The number of nitrogens with zero attached hydrogens (tertiary/aromatic N) is 4. The first-order chi connectivity index (χ1) is 17.1. The summed E-state index contributed by atoms with van der Waals surface area (Å²) in [6, 6.07) is 25.1. The lowest BCUT2D eigenvalue weighted by atomic mass is 9.98. The summed E-state index contributed by atoms with van der Waals surface area (Å²) in [4.78, 5) is 18.0. The van der Waals surface area contributed by atoms with Gasteiger partial charge < -0.3 is 14.7 Å². The number of hydrogen-bond donors (Lipinski definition) is 1. The first-order valence-electron chi connectivity index (χ1n) is 12.0. The average Bonchev–Trinajstić information content (AvgIpc) is 3.36. The van der Waals surface area contributed by atoms with Crippen molar-refractivity contribution >= 4 is 17.3 Å². The lowest BCUT2D eigenvalue weighted by molar-refractivity contribution is -0.134. The highest BCUT2D eigenvalue weighted by atomic mass is 16.5. The van der Waals surface area contributed by atoms with Gasteiger partial charge in [0.1, 0.15) is 11.5 Å². The molecule has 1 unspecified atom stereocenters. The van der Waals surface area contributed by atoms with Crippen molar-refractivity contribution < 1.29 is 14.6 Å². The number of hydrazone groups is 1. The van der Waals surface area contributed by atoms with Crippen LogP contribution < -0.4 is 9.64 Å². The predicted molar refractivity (Wildman–Crippen MR) is 137 cm³/mol. The van der Waals surface area contributed by atoms with Crippen molar-refractivity contribution in [3.05, 3.63) is 90.0 Å². The van der Waals surface area contributed by atoms with E-state index in [9.17, 15) is 9.90 Å². The quantitative estimate of drug-likeness (QED) is 0.592. The van der Waals surface area contributed by atoms with Crippen molar-refractivity contribution in [1.29, 1.82) is 0 Å². The number of carbonyl (C=O) groups is 1. The molecule has 1 fully saturated rings. The number of hydrogen-bond acceptors (Lipinski definition) is 6. The number of piperazine rings is 1. The number of anilines is 1. The van der Waals surface area contributed by atoms with E-state index in [1.165, 1.54) is 0 Å². The van der Waals surface area contributed by atoms with Gasteiger partial charge in [0.05, 0.1) is 25.4 Å². The number of ether oxygens (including phenoxy) is 1. The van der Waals surface area contributed by atoms with Gasteiger partial charge in [-0.1, -0.05) is 42.5 Å². The molecule has 5 rings (SSSR count). The molecule has 35 heavy (non-hydrogen) atoms. The molecule has 1 atom stereocenters. The van der Waals surface area contributed by atoms with Crippen LogP contribution in [-0.4, -0.2) is 66.5 Å². The van der Waals surface area contributed by atoms with E-state index in [1.807, 2.05) is 66.7 Å². The zero-order chi connectivity index (χ0) is 24.2. The summed E-state index contributed by atoms with van der Waals surface area (Å²) in [6.45, 7) is 3.59. The Morgan fingerprint density at radius 1 is 0.943 bits per heavy atom. The van der Waals surface area contributed by atoms with Crippen molar-refractivity contribution in [1.82, 2.24) is 9.91 Å². The summed E-state index contributed by atoms with van der Waals surface area (Å²) in [5.41, 5.74) is 4.11. The molecule has 7 heteroatoms. The third kappa shape index (κ3) is 5.15. The molecule has 2 aliphatic heterocycles. The molecular weight excluding hydrogens is 440 g/mol. The topological polar surface area (TPSA) is 68.6 Å². The van der Waals surface area contributed by atoms with Crippen molar-refractivity contribution in [2.45, 2.75) is 12.5 Å². The molecule has 0 aromatic heterocycles. The van der Waals surface area contributed by atoms with Gasteiger partial charge in [0.15, 0.2) is 0 Å². The van der Waals surface area contributed by atoms with Crippen LogP contribution in [0.15, 0.2) is 84.0 Å². The normalized spacial score (nSPS) is 18.4. The van der Waals surface area contributed by atoms with Crippen LogP contribution in [0.3, 0.4) is 0 Å². The first-order valence-corrected chi connectivity index (χ1v) is 12.0. The summed E-state index contributed by atoms with van der Waals surface area (Å²) in [5, 5.41) is 16.0. The van der Waals surface area contributed by atoms with Gasteiger partial charge in [0.2, 0.25) is 0 Å². The van der Waals surface area contributed by atoms with Gasteiger partial charge in [-0.05, 0) is 47.5 Å². The molecule has 0 saturated carbocycles. The molecule has 3 aromatic rings. The molecule has 0 bridgehead atoms. The monoisotopic (exact) mass is 470 g/mol. The average molecular weight is 471 g/mol. The lowest BCUT2D eigenvalue weighted by Crippen LogP contribution is -2.49. The number of phenols is 1. The van der Waals surface area contributed by atoms with Crippen LogP contribution in [0.25, 0.3) is 0 Å². The van der Waals surface area contributed by atoms with E-state index in [1.54, 1.807) is 24.3 Å². The maximum Gasteiger partial charge on any atom is 0.257 e. The second-order valence-electron chi connectivity index (χ2n) is 8.92. The second-order valence-corrected chi connectivity index (χ2v) is 8.92. The van der Waals surface area contributed by atoms with Crippen molar-refractivity contribution in [3.63, 3.8) is 0 Å². The molecule has 1 saturated heterocycles. The van der Waals surface area contributed by atoms with E-state index < -0.39 is 0 Å². The Morgan fingerprint density at radius 3 is 2.29 bits per heavy atom. The largest absolute Gasteiger partial charge is 0.508 e. The Bertz CT molecular complexity index is 1170. The highest BCUT2D eigenvalue weighted by molar-refractivity contribution is 6.03. The SMILES string of the molecule is COc1ccc(C2CC(c3ccccc3)=NN2C(=O)CN2CCN(c3ccc(O)cc3)CC2)cc1. The number of methoxy groups -OCH3 is 1. The molecule has 1 N–H and O–H groups in total. The van der Waals surface area contributed by atoms with Crippen LogP contribution in [0.2, 0.25) is 0 Å². The van der Waals surface area contributed by atoms with Gasteiger partial charge in [0, 0.05) is 38.3 Å². The zero-order valence-electron chi connectivity index (χ0n) is 19.9. The van der Waals surface area contributed by atoms with Crippen LogP contribution in [-0.2, 0) is 4.79 Å². The fourth-order valence-electron chi connectivity index (χ4n) is 4.72. The highest BCUT2D eigenvalue weighted by Gasteiger charge is 2.34. The fraction of sp³-hybridized carbons (Fsp3) is 0.286. The third-order valence-corrected chi connectivity index (χ3v) is 6.72. The number of carbonyl (C=O) groups excluding carboxylic acids is 1. The standard InChI is InChI=1S/C28H30N4O3/c1-35-25-13-7-22(8-14-25)27-19-26(21-5-3-2-4-6-21)29-32(27)28(34)20-30-15-17-31(18-16-30)23-9-11-24(33)12-10-23/h2-14,27,33H,15-20H2,1H3. The molecule has 0 radical (unpaired) electrons. The van der Waals surface area contributed by atoms with E-state index in [0.717, 1.165) is 54.5 Å². The fourth-order valence-corrected chi connectivity index (χ4v) is 4.72. The van der Waals surface area contributed by atoms with Gasteiger partial charge in [-0.15, -0.1) is 0 Å². The Labute approximate surface area is 205 Å². The molecule has 1 amide bonds. The van der Waals surface area contributed by atoms with E-state index in [0.29, 0.717) is 13.0 Å². The van der Waals surface area contributed by atoms with Gasteiger partial charge in [-0.2, -0.15) is 5.10 Å². The third-order valence-electron chi connectivity index (χ3n) is 6.72. The number of benzene rings is 3. The minimum atomic E-state index is -0.137. The van der Waals surface area contributed by atoms with Gasteiger partial charge in [-0.25, -0.2) is 5.01 Å². The minimum Gasteiger partial charge on any atom is -0.508 e. The van der Waals surface area contributed by atoms with E-state index in [4.69, 9.17) is 9.84 Å². The first kappa shape index (κ1) is 22.9. The molecule has 2 heterocycles. The van der Waals surface area contributed by atoms with Crippen LogP contribution >= 0.6 is 0 Å². The highest BCUT2D eigenvalue weighted by Crippen LogP contribution is 2.34. The molecular formula is C28H30N4O3. The molecule has 7 nitrogen and oxygen atoms in total. The summed E-state index contributed by atoms with van der Waals surface area (Å²) in [7, 11) is 1.65. The number of amides is 1. The smallest absolute Gasteiger partial charge is 0.257 e. The van der Waals surface area contributed by atoms with E-state index >= 15 is 0 Å². The Kier molecular flexibility index (Phi) is 6.68. The molecule has 180 valence electrons. The second kappa shape index (κ2) is 10.2. The van der Waals surface area contributed by atoms with E-state index in [2.05, 4.69) is 9.80 Å². The van der Waals surface area contributed by atoms with Crippen molar-refractivity contribution in [3.8, 4) is 11.5 Å². The van der Waals surface area contributed by atoms with Crippen molar-refractivity contribution in [2.24, 2.45) is 5.10 Å². The van der Waals surface area contributed by atoms with E-state index in [-0.39, 0.29) is 17.7 Å². The van der Waals surface area contributed by atoms with Crippen LogP contribution in [0.5, 0.6) is 11.5 Å². The number of aromatic hydroxyl groups is 1. The van der Waals surface area contributed by atoms with Gasteiger partial charge in [-0.3, -0.25) is 9.69 Å². The Balaban J connectivity index is 1.29. The summed E-state index contributed by atoms with van der Waals surface area (Å²) >= 11 is 0. The Hall–Kier alpha value is -3.84. The Morgan fingerprint density at radius 2 is 1.63 bits per heavy atom. The molecule has 2 aliphatic rings. The minimum absolute atomic E-state index is 0.00910. The molecule has 3 aromatic carbocycles. The maximum absolute atomic E-state index is 13.5. The number of phenolic OH excluding ortho intramolecular Hbond substituents is 1. The van der Waals surface area contributed by atoms with Crippen LogP contribution in [0, 0.1) is 0 Å².